The molecule has 0 aliphatic carbocycles. The molecule has 0 bridgehead atoms. The van der Waals surface area contributed by atoms with Crippen LogP contribution in [0.3, 0.4) is 0 Å². The lowest BCUT2D eigenvalue weighted by atomic mass is 10.2. The Labute approximate surface area is 125 Å². The van der Waals surface area contributed by atoms with E-state index in [1.807, 2.05) is 24.3 Å². The van der Waals surface area contributed by atoms with Crippen LogP contribution in [-0.2, 0) is 6.61 Å². The molecule has 0 aliphatic heterocycles. The first-order valence-electron chi connectivity index (χ1n) is 5.73. The minimum atomic E-state index is 0.440. The third-order valence-corrected chi connectivity index (χ3v) is 3.35. The van der Waals surface area contributed by atoms with E-state index in [0.29, 0.717) is 23.7 Å². The number of halogens is 1. The Bertz CT molecular complexity index is 564. The molecule has 2 rings (SSSR count). The number of rotatable bonds is 5. The summed E-state index contributed by atoms with van der Waals surface area (Å²) in [6.45, 7) is 0.440. The molecule has 0 radical (unpaired) electrons. The molecular formula is C15H13IO3. The van der Waals surface area contributed by atoms with E-state index in [2.05, 4.69) is 22.6 Å². The van der Waals surface area contributed by atoms with Crippen LogP contribution in [-0.4, -0.2) is 13.4 Å². The molecule has 0 N–H and O–H groups in total. The van der Waals surface area contributed by atoms with Gasteiger partial charge in [0.15, 0.2) is 11.5 Å². The fourth-order valence-corrected chi connectivity index (χ4v) is 1.98. The topological polar surface area (TPSA) is 35.5 Å². The Balaban J connectivity index is 2.13. The number of aldehydes is 1. The Morgan fingerprint density at radius 1 is 1.11 bits per heavy atom. The van der Waals surface area contributed by atoms with Crippen molar-refractivity contribution in [2.45, 2.75) is 6.61 Å². The second-order valence-electron chi connectivity index (χ2n) is 3.94. The Hall–Kier alpha value is -1.56. The first kappa shape index (κ1) is 13.9. The quantitative estimate of drug-likeness (QED) is 0.597. The molecule has 2 aromatic rings. The number of ether oxygens (including phenoxy) is 2. The summed E-state index contributed by atoms with van der Waals surface area (Å²) in [4.78, 5) is 10.8. The van der Waals surface area contributed by atoms with E-state index in [-0.39, 0.29) is 0 Å². The summed E-state index contributed by atoms with van der Waals surface area (Å²) < 4.78 is 12.1. The predicted molar refractivity (Wildman–Crippen MR) is 81.9 cm³/mol. The third-order valence-electron chi connectivity index (χ3n) is 2.63. The molecule has 0 amide bonds. The highest BCUT2D eigenvalue weighted by atomic mass is 127. The molecule has 0 spiro atoms. The lowest BCUT2D eigenvalue weighted by molar-refractivity contribution is 0.112. The summed E-state index contributed by atoms with van der Waals surface area (Å²) in [6.07, 6.45) is 0.789. The molecule has 2 aromatic carbocycles. The van der Waals surface area contributed by atoms with Gasteiger partial charge in [0.2, 0.25) is 0 Å². The van der Waals surface area contributed by atoms with Crippen molar-refractivity contribution in [2.75, 3.05) is 7.11 Å². The molecule has 3 nitrogen and oxygen atoms in total. The zero-order valence-corrected chi connectivity index (χ0v) is 12.6. The minimum Gasteiger partial charge on any atom is -0.493 e. The van der Waals surface area contributed by atoms with Crippen molar-refractivity contribution in [3.8, 4) is 11.5 Å². The van der Waals surface area contributed by atoms with Gasteiger partial charge in [-0.05, 0) is 58.5 Å². The van der Waals surface area contributed by atoms with Crippen LogP contribution in [0.15, 0.2) is 42.5 Å². The van der Waals surface area contributed by atoms with Crippen molar-refractivity contribution in [3.05, 3.63) is 57.2 Å². The van der Waals surface area contributed by atoms with Crippen LogP contribution in [0.1, 0.15) is 15.9 Å². The number of carbonyl (C=O) groups is 1. The first-order valence-corrected chi connectivity index (χ1v) is 6.81. The van der Waals surface area contributed by atoms with Crippen LogP contribution in [0, 0.1) is 3.57 Å². The van der Waals surface area contributed by atoms with Crippen molar-refractivity contribution in [2.24, 2.45) is 0 Å². The van der Waals surface area contributed by atoms with Crippen molar-refractivity contribution in [1.82, 2.24) is 0 Å². The largest absolute Gasteiger partial charge is 0.493 e. The first-order chi connectivity index (χ1) is 9.22. The molecule has 0 saturated carbocycles. The summed E-state index contributed by atoms with van der Waals surface area (Å²) in [7, 11) is 1.58. The smallest absolute Gasteiger partial charge is 0.162 e. The van der Waals surface area contributed by atoms with Gasteiger partial charge in [-0.1, -0.05) is 12.1 Å². The molecule has 0 aromatic heterocycles. The third kappa shape index (κ3) is 3.70. The normalized spacial score (nSPS) is 10.0. The van der Waals surface area contributed by atoms with Crippen LogP contribution in [0.4, 0.5) is 0 Å². The van der Waals surface area contributed by atoms with Crippen LogP contribution in [0.2, 0.25) is 0 Å². The maximum absolute atomic E-state index is 10.8. The highest BCUT2D eigenvalue weighted by Gasteiger charge is 2.06. The highest BCUT2D eigenvalue weighted by Crippen LogP contribution is 2.28. The number of hydrogen-bond acceptors (Lipinski definition) is 3. The zero-order chi connectivity index (χ0) is 13.7. The second-order valence-corrected chi connectivity index (χ2v) is 5.19. The molecule has 0 atom stereocenters. The van der Waals surface area contributed by atoms with Gasteiger partial charge in [-0.2, -0.15) is 0 Å². The molecule has 0 aliphatic rings. The lowest BCUT2D eigenvalue weighted by Gasteiger charge is -2.11. The SMILES string of the molecule is COc1ccc(C=O)cc1OCc1ccc(I)cc1. The fourth-order valence-electron chi connectivity index (χ4n) is 1.62. The lowest BCUT2D eigenvalue weighted by Crippen LogP contribution is -1.98. The van der Waals surface area contributed by atoms with E-state index < -0.39 is 0 Å². The maximum Gasteiger partial charge on any atom is 0.162 e. The Morgan fingerprint density at radius 3 is 2.47 bits per heavy atom. The standard InChI is InChI=1S/C15H13IO3/c1-18-14-7-4-12(9-17)8-15(14)19-10-11-2-5-13(16)6-3-11/h2-9H,10H2,1H3. The van der Waals surface area contributed by atoms with Crippen molar-refractivity contribution in [1.29, 1.82) is 0 Å². The molecule has 0 unspecified atom stereocenters. The van der Waals surface area contributed by atoms with Gasteiger partial charge in [0, 0.05) is 9.13 Å². The van der Waals surface area contributed by atoms with Crippen molar-refractivity contribution in [3.63, 3.8) is 0 Å². The Morgan fingerprint density at radius 2 is 1.84 bits per heavy atom. The van der Waals surface area contributed by atoms with E-state index in [1.54, 1.807) is 25.3 Å². The van der Waals surface area contributed by atoms with Crippen LogP contribution >= 0.6 is 22.6 Å². The molecule has 0 fully saturated rings. The molecule has 19 heavy (non-hydrogen) atoms. The average Bonchev–Trinajstić information content (AvgIpc) is 2.46. The van der Waals surface area contributed by atoms with Crippen LogP contribution in [0.25, 0.3) is 0 Å². The van der Waals surface area contributed by atoms with Gasteiger partial charge in [-0.3, -0.25) is 4.79 Å². The highest BCUT2D eigenvalue weighted by molar-refractivity contribution is 14.1. The van der Waals surface area contributed by atoms with Gasteiger partial charge < -0.3 is 9.47 Å². The van der Waals surface area contributed by atoms with Gasteiger partial charge in [-0.25, -0.2) is 0 Å². The summed E-state index contributed by atoms with van der Waals surface area (Å²) in [6, 6.07) is 13.2. The zero-order valence-electron chi connectivity index (χ0n) is 10.4. The van der Waals surface area contributed by atoms with Crippen LogP contribution < -0.4 is 9.47 Å². The summed E-state index contributed by atoms with van der Waals surface area (Å²) in [5.74, 6) is 1.20. The van der Waals surface area contributed by atoms with E-state index in [0.717, 1.165) is 11.8 Å². The number of benzene rings is 2. The van der Waals surface area contributed by atoms with E-state index >= 15 is 0 Å². The van der Waals surface area contributed by atoms with E-state index in [4.69, 9.17) is 9.47 Å². The summed E-state index contributed by atoms with van der Waals surface area (Å²) in [5, 5.41) is 0. The second kappa shape index (κ2) is 6.56. The number of methoxy groups -OCH3 is 1. The van der Waals surface area contributed by atoms with Gasteiger partial charge in [0.1, 0.15) is 12.9 Å². The molecular weight excluding hydrogens is 355 g/mol. The molecule has 4 heteroatoms. The summed E-state index contributed by atoms with van der Waals surface area (Å²) in [5.41, 5.74) is 1.64. The van der Waals surface area contributed by atoms with Crippen LogP contribution in [0.5, 0.6) is 11.5 Å². The fraction of sp³-hybridized carbons (Fsp3) is 0.133. The van der Waals surface area contributed by atoms with Gasteiger partial charge >= 0.3 is 0 Å². The number of hydrogen-bond donors (Lipinski definition) is 0. The van der Waals surface area contributed by atoms with Gasteiger partial charge in [0.05, 0.1) is 7.11 Å². The number of carbonyl (C=O) groups excluding carboxylic acids is 1. The predicted octanol–water partition coefficient (Wildman–Crippen LogP) is 3.69. The van der Waals surface area contributed by atoms with E-state index in [1.165, 1.54) is 3.57 Å². The van der Waals surface area contributed by atoms with Crippen molar-refractivity contribution >= 4 is 28.9 Å². The molecule has 98 valence electrons. The van der Waals surface area contributed by atoms with Gasteiger partial charge in [-0.15, -0.1) is 0 Å². The van der Waals surface area contributed by atoms with Crippen molar-refractivity contribution < 1.29 is 14.3 Å². The monoisotopic (exact) mass is 368 g/mol. The average molecular weight is 368 g/mol. The molecule has 0 heterocycles. The Kier molecular flexibility index (Phi) is 4.79. The molecule has 0 saturated heterocycles. The van der Waals surface area contributed by atoms with E-state index in [9.17, 15) is 4.79 Å². The van der Waals surface area contributed by atoms with Gasteiger partial charge in [0.25, 0.3) is 0 Å². The minimum absolute atomic E-state index is 0.440. The summed E-state index contributed by atoms with van der Waals surface area (Å²) >= 11 is 2.26. The maximum atomic E-state index is 10.8.